The summed E-state index contributed by atoms with van der Waals surface area (Å²) in [7, 11) is 0. The number of amides is 1. The summed E-state index contributed by atoms with van der Waals surface area (Å²) < 4.78 is 10.7. The molecule has 5 nitrogen and oxygen atoms in total. The smallest absolute Gasteiger partial charge is 0.344 e. The topological polar surface area (TPSA) is 55.8 Å². The number of esters is 1. The maximum atomic E-state index is 13.0. The molecule has 1 aliphatic heterocycles. The van der Waals surface area contributed by atoms with Gasteiger partial charge in [0.25, 0.3) is 5.91 Å². The van der Waals surface area contributed by atoms with E-state index in [4.69, 9.17) is 44.9 Å². The van der Waals surface area contributed by atoms with E-state index in [9.17, 15) is 9.59 Å². The van der Waals surface area contributed by atoms with Gasteiger partial charge in [-0.3, -0.25) is 9.69 Å². The van der Waals surface area contributed by atoms with Crippen LogP contribution in [0.2, 0.25) is 10.0 Å². The molecule has 31 heavy (non-hydrogen) atoms. The fourth-order valence-electron chi connectivity index (χ4n) is 3.02. The maximum absolute atomic E-state index is 13.0. The maximum Gasteiger partial charge on any atom is 0.344 e. The number of benzene rings is 2. The first-order valence-electron chi connectivity index (χ1n) is 9.34. The van der Waals surface area contributed by atoms with Crippen molar-refractivity contribution in [2.45, 2.75) is 20.8 Å². The minimum atomic E-state index is -0.520. The highest BCUT2D eigenvalue weighted by Crippen LogP contribution is 2.39. The van der Waals surface area contributed by atoms with Gasteiger partial charge in [-0.15, -0.1) is 0 Å². The molecule has 0 aliphatic carbocycles. The summed E-state index contributed by atoms with van der Waals surface area (Å²) in [6, 6.07) is 9.06. The van der Waals surface area contributed by atoms with E-state index in [2.05, 4.69) is 0 Å². The lowest BCUT2D eigenvalue weighted by Crippen LogP contribution is -2.28. The molecule has 0 aromatic heterocycles. The van der Waals surface area contributed by atoms with Crippen molar-refractivity contribution < 1.29 is 19.1 Å². The van der Waals surface area contributed by atoms with Crippen LogP contribution in [0, 0.1) is 13.8 Å². The zero-order valence-electron chi connectivity index (χ0n) is 17.0. The van der Waals surface area contributed by atoms with E-state index in [1.54, 1.807) is 25.1 Å². The molecule has 0 atom stereocenters. The molecular weight excluding hydrogens is 477 g/mol. The molecule has 2 aromatic carbocycles. The Balaban J connectivity index is 1.84. The average Bonchev–Trinajstić information content (AvgIpc) is 2.95. The molecule has 0 unspecified atom stereocenters. The third-order valence-corrected chi connectivity index (χ3v) is 6.21. The van der Waals surface area contributed by atoms with Gasteiger partial charge in [0.2, 0.25) is 0 Å². The Morgan fingerprint density at radius 3 is 2.48 bits per heavy atom. The van der Waals surface area contributed by atoms with Crippen LogP contribution >= 0.6 is 47.2 Å². The molecule has 1 fully saturated rings. The zero-order chi connectivity index (χ0) is 22.7. The number of hydrogen-bond donors (Lipinski definition) is 0. The molecular formula is C22H19Cl2NO4S2. The van der Waals surface area contributed by atoms with Gasteiger partial charge < -0.3 is 9.47 Å². The highest BCUT2D eigenvalue weighted by Gasteiger charge is 2.34. The number of hydrogen-bond acceptors (Lipinski definition) is 6. The van der Waals surface area contributed by atoms with E-state index in [0.29, 0.717) is 14.8 Å². The molecule has 9 heteroatoms. The average molecular weight is 496 g/mol. The fraction of sp³-hybridized carbons (Fsp3) is 0.227. The van der Waals surface area contributed by atoms with Gasteiger partial charge in [0, 0.05) is 0 Å². The van der Waals surface area contributed by atoms with Crippen LogP contribution in [-0.4, -0.2) is 29.4 Å². The van der Waals surface area contributed by atoms with E-state index in [1.165, 1.54) is 16.7 Å². The Morgan fingerprint density at radius 1 is 1.19 bits per heavy atom. The largest absolute Gasteiger partial charge is 0.479 e. The lowest BCUT2D eigenvalue weighted by atomic mass is 10.1. The monoisotopic (exact) mass is 495 g/mol. The van der Waals surface area contributed by atoms with Crippen molar-refractivity contribution in [1.82, 2.24) is 0 Å². The van der Waals surface area contributed by atoms with Crippen LogP contribution < -0.4 is 9.64 Å². The van der Waals surface area contributed by atoms with Crippen molar-refractivity contribution in [3.63, 3.8) is 0 Å². The summed E-state index contributed by atoms with van der Waals surface area (Å²) in [6.45, 7) is 5.59. The summed E-state index contributed by atoms with van der Waals surface area (Å²) in [4.78, 5) is 26.5. The minimum absolute atomic E-state index is 0.177. The van der Waals surface area contributed by atoms with Gasteiger partial charge in [-0.1, -0.05) is 64.9 Å². The van der Waals surface area contributed by atoms with Gasteiger partial charge in [-0.25, -0.2) is 4.79 Å². The number of carbonyl (C=O) groups is 2. The predicted octanol–water partition coefficient (Wildman–Crippen LogP) is 5.96. The van der Waals surface area contributed by atoms with Crippen LogP contribution in [0.1, 0.15) is 23.6 Å². The minimum Gasteiger partial charge on any atom is -0.479 e. The van der Waals surface area contributed by atoms with Crippen molar-refractivity contribution in [2.24, 2.45) is 0 Å². The molecule has 0 radical (unpaired) electrons. The van der Waals surface area contributed by atoms with E-state index in [1.807, 2.05) is 32.0 Å². The second-order valence-electron chi connectivity index (χ2n) is 6.71. The Labute approximate surface area is 200 Å². The number of aryl methyl sites for hydroxylation is 2. The number of thiocarbonyl (C=S) groups is 1. The Bertz CT molecular complexity index is 1080. The molecule has 1 saturated heterocycles. The van der Waals surface area contributed by atoms with Crippen LogP contribution in [0.4, 0.5) is 5.69 Å². The van der Waals surface area contributed by atoms with Crippen molar-refractivity contribution in [3.8, 4) is 5.75 Å². The number of ether oxygens (including phenoxy) is 2. The van der Waals surface area contributed by atoms with Gasteiger partial charge in [0.1, 0.15) is 0 Å². The van der Waals surface area contributed by atoms with Gasteiger partial charge in [0.05, 0.1) is 27.2 Å². The first-order chi connectivity index (χ1) is 14.7. The third kappa shape index (κ3) is 5.41. The molecule has 1 heterocycles. The first kappa shape index (κ1) is 23.6. The van der Waals surface area contributed by atoms with Gasteiger partial charge in [-0.2, -0.15) is 0 Å². The highest BCUT2D eigenvalue weighted by molar-refractivity contribution is 8.27. The molecule has 2 aromatic rings. The number of nitrogens with zero attached hydrogens (tertiary/aromatic N) is 1. The molecule has 1 aliphatic rings. The van der Waals surface area contributed by atoms with Crippen molar-refractivity contribution in [1.29, 1.82) is 0 Å². The number of rotatable bonds is 6. The normalized spacial score (nSPS) is 15.0. The van der Waals surface area contributed by atoms with Crippen molar-refractivity contribution in [2.75, 3.05) is 18.1 Å². The van der Waals surface area contributed by atoms with Crippen LogP contribution in [0.5, 0.6) is 5.75 Å². The van der Waals surface area contributed by atoms with Gasteiger partial charge in [0.15, 0.2) is 16.7 Å². The molecule has 0 saturated carbocycles. The summed E-state index contributed by atoms with van der Waals surface area (Å²) >= 11 is 19.2. The Morgan fingerprint density at radius 2 is 1.87 bits per heavy atom. The lowest BCUT2D eigenvalue weighted by Gasteiger charge is -2.17. The summed E-state index contributed by atoms with van der Waals surface area (Å²) in [5.74, 6) is -0.554. The first-order valence-corrected chi connectivity index (χ1v) is 11.3. The van der Waals surface area contributed by atoms with Crippen LogP contribution in [0.15, 0.2) is 35.2 Å². The van der Waals surface area contributed by atoms with E-state index < -0.39 is 5.97 Å². The number of thioether (sulfide) groups is 1. The molecule has 162 valence electrons. The quantitative estimate of drug-likeness (QED) is 0.280. The molecule has 3 rings (SSSR count). The standard InChI is InChI=1S/C22H19Cl2NO4S2/c1-4-28-19(26)11-29-20-15(23)8-14(9-16(20)24)10-18-21(27)25(22(30)31-18)17-6-5-12(2)7-13(17)3/h5-10H,4,11H2,1-3H3/b18-10+. The van der Waals surface area contributed by atoms with Crippen LogP contribution in [0.25, 0.3) is 6.08 Å². The van der Waals surface area contributed by atoms with E-state index >= 15 is 0 Å². The van der Waals surface area contributed by atoms with Crippen molar-refractivity contribution >= 4 is 75.1 Å². The van der Waals surface area contributed by atoms with E-state index in [0.717, 1.165) is 16.8 Å². The SMILES string of the molecule is CCOC(=O)COc1c(Cl)cc(/C=C2/SC(=S)N(c3ccc(C)cc3C)C2=O)cc1Cl. The third-order valence-electron chi connectivity index (χ3n) is 4.34. The number of anilines is 1. The van der Waals surface area contributed by atoms with Crippen LogP contribution in [0.3, 0.4) is 0 Å². The van der Waals surface area contributed by atoms with Crippen molar-refractivity contribution in [3.05, 3.63) is 62.0 Å². The number of halogens is 2. The predicted molar refractivity (Wildman–Crippen MR) is 130 cm³/mol. The lowest BCUT2D eigenvalue weighted by molar-refractivity contribution is -0.145. The summed E-state index contributed by atoms with van der Waals surface area (Å²) in [6.07, 6.45) is 1.68. The Kier molecular flexibility index (Phi) is 7.64. The summed E-state index contributed by atoms with van der Waals surface area (Å²) in [5, 5.41) is 0.431. The fourth-order valence-corrected chi connectivity index (χ4v) is 4.92. The number of carbonyl (C=O) groups excluding carboxylic acids is 2. The second-order valence-corrected chi connectivity index (χ2v) is 9.20. The molecule has 0 N–H and O–H groups in total. The second kappa shape index (κ2) is 10.0. The summed E-state index contributed by atoms with van der Waals surface area (Å²) in [5.41, 5.74) is 3.44. The molecule has 0 bridgehead atoms. The molecule has 1 amide bonds. The Hall–Kier alpha value is -2.06. The van der Waals surface area contributed by atoms with Gasteiger partial charge >= 0.3 is 5.97 Å². The highest BCUT2D eigenvalue weighted by atomic mass is 35.5. The van der Waals surface area contributed by atoms with Crippen LogP contribution in [-0.2, 0) is 14.3 Å². The zero-order valence-corrected chi connectivity index (χ0v) is 20.2. The van der Waals surface area contributed by atoms with Gasteiger partial charge in [-0.05, 0) is 56.2 Å². The van der Waals surface area contributed by atoms with E-state index in [-0.39, 0.29) is 34.9 Å². The molecule has 0 spiro atoms.